The number of benzene rings is 1. The molecule has 1 N–H and O–H groups in total. The van der Waals surface area contributed by atoms with Gasteiger partial charge in [-0.15, -0.1) is 0 Å². The second-order valence-corrected chi connectivity index (χ2v) is 6.62. The normalized spacial score (nSPS) is 18.2. The second-order valence-electron chi connectivity index (χ2n) is 6.62. The first kappa shape index (κ1) is 18.3. The van der Waals surface area contributed by atoms with Gasteiger partial charge in [-0.2, -0.15) is 0 Å². The molecule has 0 radical (unpaired) electrons. The molecule has 2 atom stereocenters. The van der Waals surface area contributed by atoms with Crippen LogP contribution in [0.1, 0.15) is 34.5 Å². The average molecular weight is 377 g/mol. The first-order valence-electron chi connectivity index (χ1n) is 9.15. The minimum absolute atomic E-state index is 0.0289. The van der Waals surface area contributed by atoms with Gasteiger partial charge in [0.15, 0.2) is 11.5 Å². The molecule has 0 amide bonds. The van der Waals surface area contributed by atoms with Crippen LogP contribution in [0, 0.1) is 0 Å². The van der Waals surface area contributed by atoms with E-state index in [2.05, 4.69) is 21.4 Å². The van der Waals surface area contributed by atoms with Crippen LogP contribution in [0.2, 0.25) is 0 Å². The van der Waals surface area contributed by atoms with Gasteiger partial charge in [-0.05, 0) is 47.9 Å². The summed E-state index contributed by atoms with van der Waals surface area (Å²) in [6, 6.07) is 14.0. The van der Waals surface area contributed by atoms with Gasteiger partial charge in [0.2, 0.25) is 5.88 Å². The van der Waals surface area contributed by atoms with Crippen LogP contribution in [0.3, 0.4) is 0 Å². The number of ether oxygens (including phenoxy) is 3. The molecule has 3 aromatic rings. The van der Waals surface area contributed by atoms with E-state index in [0.717, 1.165) is 29.0 Å². The number of methoxy groups -OCH3 is 3. The largest absolute Gasteiger partial charge is 0.493 e. The maximum Gasteiger partial charge on any atom is 0.217 e. The van der Waals surface area contributed by atoms with Crippen molar-refractivity contribution in [1.82, 2.24) is 15.3 Å². The van der Waals surface area contributed by atoms with Crippen molar-refractivity contribution < 1.29 is 14.2 Å². The predicted octanol–water partition coefficient (Wildman–Crippen LogP) is 3.48. The zero-order chi connectivity index (χ0) is 19.5. The van der Waals surface area contributed by atoms with Crippen LogP contribution < -0.4 is 19.5 Å². The molecule has 4 rings (SSSR count). The van der Waals surface area contributed by atoms with Crippen molar-refractivity contribution in [3.05, 3.63) is 77.2 Å². The monoisotopic (exact) mass is 377 g/mol. The van der Waals surface area contributed by atoms with E-state index in [0.29, 0.717) is 11.6 Å². The Hall–Kier alpha value is -3.12. The minimum Gasteiger partial charge on any atom is -0.493 e. The van der Waals surface area contributed by atoms with Crippen LogP contribution in [0.4, 0.5) is 0 Å². The fourth-order valence-corrected chi connectivity index (χ4v) is 3.78. The van der Waals surface area contributed by atoms with Crippen molar-refractivity contribution in [2.45, 2.75) is 18.5 Å². The van der Waals surface area contributed by atoms with Crippen molar-refractivity contribution in [2.75, 3.05) is 21.3 Å². The number of rotatable bonds is 5. The zero-order valence-electron chi connectivity index (χ0n) is 16.2. The number of hydrogen-bond acceptors (Lipinski definition) is 6. The molecule has 2 aromatic heterocycles. The lowest BCUT2D eigenvalue weighted by atomic mass is 9.85. The van der Waals surface area contributed by atoms with Crippen LogP contribution in [0.25, 0.3) is 0 Å². The highest BCUT2D eigenvalue weighted by Crippen LogP contribution is 2.41. The molecular weight excluding hydrogens is 354 g/mol. The van der Waals surface area contributed by atoms with Crippen molar-refractivity contribution >= 4 is 0 Å². The first-order valence-corrected chi connectivity index (χ1v) is 9.15. The van der Waals surface area contributed by atoms with Crippen molar-refractivity contribution in [2.24, 2.45) is 0 Å². The van der Waals surface area contributed by atoms with Crippen molar-refractivity contribution in [1.29, 1.82) is 0 Å². The number of nitrogens with one attached hydrogen (secondary N) is 1. The molecule has 0 saturated carbocycles. The topological polar surface area (TPSA) is 65.5 Å². The zero-order valence-corrected chi connectivity index (χ0v) is 16.2. The van der Waals surface area contributed by atoms with Crippen LogP contribution >= 0.6 is 0 Å². The minimum atomic E-state index is -0.0836. The van der Waals surface area contributed by atoms with Gasteiger partial charge in [-0.1, -0.05) is 12.1 Å². The smallest absolute Gasteiger partial charge is 0.217 e. The Morgan fingerprint density at radius 2 is 1.64 bits per heavy atom. The molecule has 3 heterocycles. The summed E-state index contributed by atoms with van der Waals surface area (Å²) in [7, 11) is 4.95. The van der Waals surface area contributed by atoms with Crippen molar-refractivity contribution in [3.63, 3.8) is 0 Å². The molecule has 1 aliphatic rings. The summed E-state index contributed by atoms with van der Waals surface area (Å²) in [5, 5.41) is 3.73. The Morgan fingerprint density at radius 1 is 0.857 bits per heavy atom. The van der Waals surface area contributed by atoms with Crippen LogP contribution in [-0.2, 0) is 6.42 Å². The Bertz CT molecular complexity index is 962. The Labute approximate surface area is 164 Å². The van der Waals surface area contributed by atoms with Gasteiger partial charge in [0, 0.05) is 24.0 Å². The molecule has 6 heteroatoms. The number of fused-ring (bicyclic) bond motifs is 1. The van der Waals surface area contributed by atoms with E-state index in [4.69, 9.17) is 14.2 Å². The fraction of sp³-hybridized carbons (Fsp3) is 0.273. The third-order valence-corrected chi connectivity index (χ3v) is 5.10. The van der Waals surface area contributed by atoms with Gasteiger partial charge in [-0.25, -0.2) is 4.98 Å². The van der Waals surface area contributed by atoms with Gasteiger partial charge >= 0.3 is 0 Å². The molecule has 0 fully saturated rings. The molecule has 0 aliphatic carbocycles. The highest BCUT2D eigenvalue weighted by molar-refractivity contribution is 5.52. The summed E-state index contributed by atoms with van der Waals surface area (Å²) in [6.07, 6.45) is 4.33. The lowest BCUT2D eigenvalue weighted by Gasteiger charge is -2.34. The standard InChI is InChI=1S/C22H23N3O3/c1-26-19-12-14-11-18(15-7-6-10-24-22(15)28-3)25-21(16(14)13-20(19)27-2)17-8-4-5-9-23-17/h4-10,12-13,18,21,25H,11H2,1-3H3/t18-,21+/m1/s1. The van der Waals surface area contributed by atoms with E-state index < -0.39 is 0 Å². The van der Waals surface area contributed by atoms with E-state index in [1.807, 2.05) is 42.6 Å². The lowest BCUT2D eigenvalue weighted by Crippen LogP contribution is -2.35. The number of pyridine rings is 2. The maximum atomic E-state index is 5.53. The van der Waals surface area contributed by atoms with Gasteiger partial charge in [0.1, 0.15) is 0 Å². The molecule has 28 heavy (non-hydrogen) atoms. The number of hydrogen-bond donors (Lipinski definition) is 1. The fourth-order valence-electron chi connectivity index (χ4n) is 3.78. The van der Waals surface area contributed by atoms with Crippen molar-refractivity contribution in [3.8, 4) is 17.4 Å². The summed E-state index contributed by atoms with van der Waals surface area (Å²) in [6.45, 7) is 0. The van der Waals surface area contributed by atoms with E-state index in [-0.39, 0.29) is 12.1 Å². The first-order chi connectivity index (χ1) is 13.7. The van der Waals surface area contributed by atoms with E-state index in [1.54, 1.807) is 27.5 Å². The summed E-state index contributed by atoms with van der Waals surface area (Å²) in [5.41, 5.74) is 4.29. The Kier molecular flexibility index (Phi) is 5.12. The molecule has 1 aliphatic heterocycles. The molecule has 6 nitrogen and oxygen atoms in total. The highest BCUT2D eigenvalue weighted by Gasteiger charge is 2.32. The van der Waals surface area contributed by atoms with Crippen LogP contribution in [0.15, 0.2) is 54.9 Å². The molecule has 144 valence electrons. The molecule has 1 aromatic carbocycles. The lowest BCUT2D eigenvalue weighted by molar-refractivity contribution is 0.348. The van der Waals surface area contributed by atoms with Gasteiger partial charge < -0.3 is 14.2 Å². The Balaban J connectivity index is 1.84. The summed E-state index contributed by atoms with van der Waals surface area (Å²) in [4.78, 5) is 8.95. The second kappa shape index (κ2) is 7.86. The highest BCUT2D eigenvalue weighted by atomic mass is 16.5. The summed E-state index contributed by atoms with van der Waals surface area (Å²) < 4.78 is 16.6. The molecule has 0 saturated heterocycles. The maximum absolute atomic E-state index is 5.53. The molecule has 0 unspecified atom stereocenters. The third kappa shape index (κ3) is 3.27. The van der Waals surface area contributed by atoms with Gasteiger partial charge in [0.25, 0.3) is 0 Å². The summed E-state index contributed by atoms with van der Waals surface area (Å²) >= 11 is 0. The van der Waals surface area contributed by atoms with E-state index in [9.17, 15) is 0 Å². The van der Waals surface area contributed by atoms with E-state index in [1.165, 1.54) is 5.56 Å². The van der Waals surface area contributed by atoms with Crippen LogP contribution in [0.5, 0.6) is 17.4 Å². The molecule has 0 bridgehead atoms. The van der Waals surface area contributed by atoms with E-state index >= 15 is 0 Å². The molecular formula is C22H23N3O3. The number of nitrogens with zero attached hydrogens (tertiary/aromatic N) is 2. The molecule has 0 spiro atoms. The third-order valence-electron chi connectivity index (χ3n) is 5.10. The van der Waals surface area contributed by atoms with Crippen LogP contribution in [-0.4, -0.2) is 31.3 Å². The summed E-state index contributed by atoms with van der Waals surface area (Å²) in [5.74, 6) is 2.06. The van der Waals surface area contributed by atoms with Gasteiger partial charge in [0.05, 0.1) is 33.1 Å². The number of aromatic nitrogens is 2. The predicted molar refractivity (Wildman–Crippen MR) is 106 cm³/mol. The van der Waals surface area contributed by atoms with Gasteiger partial charge in [-0.3, -0.25) is 10.3 Å². The quantitative estimate of drug-likeness (QED) is 0.734. The average Bonchev–Trinajstić information content (AvgIpc) is 2.77. The SMILES string of the molecule is COc1cc2c(cc1OC)[C@@H](c1ccccn1)N[C@@H](c1cccnc1OC)C2. The Morgan fingerprint density at radius 3 is 2.36 bits per heavy atom.